The largest absolute Gasteiger partial charge is 0.489 e. The van der Waals surface area contributed by atoms with Crippen molar-refractivity contribution in [3.05, 3.63) is 88.8 Å². The summed E-state index contributed by atoms with van der Waals surface area (Å²) in [6.07, 6.45) is 5.33. The van der Waals surface area contributed by atoms with Crippen molar-refractivity contribution in [1.29, 1.82) is 0 Å². The summed E-state index contributed by atoms with van der Waals surface area (Å²) >= 11 is 5.89. The van der Waals surface area contributed by atoms with Crippen LogP contribution in [0.15, 0.2) is 71.3 Å². The molecule has 4 rings (SSSR count). The summed E-state index contributed by atoms with van der Waals surface area (Å²) in [4.78, 5) is 15.1. The van der Waals surface area contributed by atoms with Crippen LogP contribution >= 0.6 is 11.6 Å². The number of halogens is 1. The zero-order valence-electron chi connectivity index (χ0n) is 17.4. The third-order valence-corrected chi connectivity index (χ3v) is 5.85. The molecular weight excluding hydrogens is 412 g/mol. The van der Waals surface area contributed by atoms with E-state index in [1.54, 1.807) is 18.4 Å². The minimum Gasteiger partial charge on any atom is -0.489 e. The van der Waals surface area contributed by atoms with Crippen LogP contribution in [0.25, 0.3) is 0 Å². The number of amides is 1. The highest BCUT2D eigenvalue weighted by Crippen LogP contribution is 2.24. The van der Waals surface area contributed by atoms with Crippen molar-refractivity contribution >= 4 is 17.5 Å². The number of piperidine rings is 1. The van der Waals surface area contributed by atoms with E-state index in [0.717, 1.165) is 30.2 Å². The van der Waals surface area contributed by atoms with Gasteiger partial charge in [0.05, 0.1) is 12.3 Å². The number of nitrogens with zero attached hydrogens (tertiary/aromatic N) is 1. The Balaban J connectivity index is 1.32. The van der Waals surface area contributed by atoms with Crippen molar-refractivity contribution in [3.63, 3.8) is 0 Å². The number of hydrogen-bond acceptors (Lipinski definition) is 4. The Morgan fingerprint density at radius 2 is 1.77 bits per heavy atom. The monoisotopic (exact) mass is 438 g/mol. The zero-order valence-corrected chi connectivity index (χ0v) is 18.2. The van der Waals surface area contributed by atoms with E-state index < -0.39 is 0 Å². The van der Waals surface area contributed by atoms with Crippen molar-refractivity contribution in [3.8, 4) is 5.75 Å². The van der Waals surface area contributed by atoms with Gasteiger partial charge >= 0.3 is 0 Å². The van der Waals surface area contributed by atoms with Gasteiger partial charge in [-0.1, -0.05) is 30.2 Å². The van der Waals surface area contributed by atoms with Crippen molar-refractivity contribution in [2.75, 3.05) is 19.6 Å². The van der Waals surface area contributed by atoms with E-state index in [9.17, 15) is 4.79 Å². The predicted octanol–water partition coefficient (Wildman–Crippen LogP) is 5.47. The molecule has 2 heterocycles. The van der Waals surface area contributed by atoms with Crippen LogP contribution in [0.2, 0.25) is 5.02 Å². The molecule has 5 nitrogen and oxygen atoms in total. The van der Waals surface area contributed by atoms with E-state index in [1.165, 1.54) is 19.3 Å². The molecular formula is C25H27ClN2O3. The number of nitrogens with one attached hydrogen (secondary N) is 1. The minimum absolute atomic E-state index is 0.0614. The summed E-state index contributed by atoms with van der Waals surface area (Å²) in [5, 5.41) is 3.76. The van der Waals surface area contributed by atoms with E-state index in [4.69, 9.17) is 20.8 Å². The van der Waals surface area contributed by atoms with Crippen LogP contribution in [0.3, 0.4) is 0 Å². The van der Waals surface area contributed by atoms with Crippen molar-refractivity contribution < 1.29 is 13.9 Å². The van der Waals surface area contributed by atoms with Gasteiger partial charge in [-0.2, -0.15) is 0 Å². The van der Waals surface area contributed by atoms with Crippen molar-refractivity contribution in [2.24, 2.45) is 0 Å². The molecule has 1 amide bonds. The molecule has 0 bridgehead atoms. The molecule has 1 aliphatic heterocycles. The summed E-state index contributed by atoms with van der Waals surface area (Å²) in [5.41, 5.74) is 1.63. The Bertz CT molecular complexity index is 949. The van der Waals surface area contributed by atoms with Crippen LogP contribution < -0.4 is 10.1 Å². The van der Waals surface area contributed by atoms with Crippen molar-refractivity contribution in [1.82, 2.24) is 10.2 Å². The van der Waals surface area contributed by atoms with E-state index in [0.29, 0.717) is 23.7 Å². The first kappa shape index (κ1) is 21.5. The van der Waals surface area contributed by atoms with Crippen LogP contribution in [-0.2, 0) is 6.61 Å². The lowest BCUT2D eigenvalue weighted by Gasteiger charge is -2.33. The van der Waals surface area contributed by atoms with Gasteiger partial charge < -0.3 is 14.5 Å². The first-order chi connectivity index (χ1) is 15.2. The molecule has 2 aromatic carbocycles. The van der Waals surface area contributed by atoms with E-state index in [-0.39, 0.29) is 11.9 Å². The number of carbonyl (C=O) groups excluding carboxylic acids is 1. The molecule has 1 fully saturated rings. The molecule has 0 unspecified atom stereocenters. The second kappa shape index (κ2) is 10.5. The fourth-order valence-corrected chi connectivity index (χ4v) is 3.99. The summed E-state index contributed by atoms with van der Waals surface area (Å²) < 4.78 is 11.4. The third-order valence-electron chi connectivity index (χ3n) is 5.59. The standard InChI is InChI=1S/C25H27ClN2O3/c26-21-10-12-22(13-11-21)31-18-19-6-8-20(9-7-19)25(29)27-17-23(24-5-4-16-30-24)28-14-2-1-3-15-28/h4-13,16,23H,1-3,14-15,17-18H2,(H,27,29)/t23-/m0/s1. The highest BCUT2D eigenvalue weighted by Gasteiger charge is 2.25. The summed E-state index contributed by atoms with van der Waals surface area (Å²) in [6.45, 7) is 3.01. The van der Waals surface area contributed by atoms with Gasteiger partial charge in [0.15, 0.2) is 0 Å². The first-order valence-corrected chi connectivity index (χ1v) is 11.1. The SMILES string of the molecule is O=C(NC[C@@H](c1ccco1)N1CCCCC1)c1ccc(COc2ccc(Cl)cc2)cc1. The van der Waals surface area contributed by atoms with Crippen LogP contribution in [0.4, 0.5) is 0 Å². The van der Waals surface area contributed by atoms with Crippen molar-refractivity contribution in [2.45, 2.75) is 31.9 Å². The maximum atomic E-state index is 12.7. The summed E-state index contributed by atoms with van der Waals surface area (Å²) in [6, 6.07) is 18.7. The van der Waals surface area contributed by atoms with Gasteiger partial charge in [0.2, 0.25) is 0 Å². The second-order valence-corrected chi connectivity index (χ2v) is 8.21. The smallest absolute Gasteiger partial charge is 0.251 e. The minimum atomic E-state index is -0.0845. The van der Waals surface area contributed by atoms with Crippen LogP contribution in [0.5, 0.6) is 5.75 Å². The van der Waals surface area contributed by atoms with Crippen LogP contribution in [0.1, 0.15) is 47.0 Å². The first-order valence-electron chi connectivity index (χ1n) is 10.7. The Morgan fingerprint density at radius 1 is 1.03 bits per heavy atom. The molecule has 31 heavy (non-hydrogen) atoms. The third kappa shape index (κ3) is 5.90. The van der Waals surface area contributed by atoms with E-state index in [1.807, 2.05) is 48.5 Å². The molecule has 0 saturated carbocycles. The Labute approximate surface area is 188 Å². The van der Waals surface area contributed by atoms with Gasteiger partial charge in [-0.3, -0.25) is 9.69 Å². The quantitative estimate of drug-likeness (QED) is 0.506. The van der Waals surface area contributed by atoms with Crippen LogP contribution in [-0.4, -0.2) is 30.4 Å². The number of ether oxygens (including phenoxy) is 1. The fraction of sp³-hybridized carbons (Fsp3) is 0.320. The fourth-order valence-electron chi connectivity index (χ4n) is 3.86. The molecule has 0 aliphatic carbocycles. The number of likely N-dealkylation sites (tertiary alicyclic amines) is 1. The molecule has 1 aromatic heterocycles. The highest BCUT2D eigenvalue weighted by molar-refractivity contribution is 6.30. The maximum Gasteiger partial charge on any atom is 0.251 e. The van der Waals surface area contributed by atoms with Gasteiger partial charge in [-0.15, -0.1) is 0 Å². The van der Waals surface area contributed by atoms with Crippen LogP contribution in [0, 0.1) is 0 Å². The topological polar surface area (TPSA) is 54.7 Å². The predicted molar refractivity (Wildman–Crippen MR) is 121 cm³/mol. The molecule has 1 atom stereocenters. The number of furan rings is 1. The number of hydrogen-bond donors (Lipinski definition) is 1. The summed E-state index contributed by atoms with van der Waals surface area (Å²) in [5.74, 6) is 1.57. The zero-order chi connectivity index (χ0) is 21.5. The van der Waals surface area contributed by atoms with Gasteiger partial charge in [0.25, 0.3) is 5.91 Å². The van der Waals surface area contributed by atoms with Gasteiger partial charge in [-0.05, 0) is 80.0 Å². The molecule has 0 spiro atoms. The number of carbonyl (C=O) groups is 1. The highest BCUT2D eigenvalue weighted by atomic mass is 35.5. The lowest BCUT2D eigenvalue weighted by Crippen LogP contribution is -2.40. The Morgan fingerprint density at radius 3 is 2.45 bits per heavy atom. The maximum absolute atomic E-state index is 12.7. The van der Waals surface area contributed by atoms with Gasteiger partial charge in [0.1, 0.15) is 18.1 Å². The Kier molecular flexibility index (Phi) is 7.28. The number of benzene rings is 2. The molecule has 0 radical (unpaired) electrons. The number of rotatable bonds is 8. The molecule has 1 saturated heterocycles. The molecule has 3 aromatic rings. The van der Waals surface area contributed by atoms with Gasteiger partial charge in [0, 0.05) is 17.1 Å². The molecule has 1 aliphatic rings. The normalized spacial score (nSPS) is 15.4. The molecule has 162 valence electrons. The average Bonchev–Trinajstić information content (AvgIpc) is 3.34. The van der Waals surface area contributed by atoms with E-state index >= 15 is 0 Å². The second-order valence-electron chi connectivity index (χ2n) is 7.78. The lowest BCUT2D eigenvalue weighted by atomic mass is 10.1. The molecule has 1 N–H and O–H groups in total. The lowest BCUT2D eigenvalue weighted by molar-refractivity contribution is 0.0914. The molecule has 6 heteroatoms. The summed E-state index contributed by atoms with van der Waals surface area (Å²) in [7, 11) is 0. The Hall–Kier alpha value is -2.76. The average molecular weight is 439 g/mol. The van der Waals surface area contributed by atoms with Gasteiger partial charge in [-0.25, -0.2) is 0 Å². The van der Waals surface area contributed by atoms with E-state index in [2.05, 4.69) is 10.2 Å².